The summed E-state index contributed by atoms with van der Waals surface area (Å²) in [6.45, 7) is 2.98. The van der Waals surface area contributed by atoms with E-state index < -0.39 is 5.97 Å². The van der Waals surface area contributed by atoms with Crippen LogP contribution in [-0.4, -0.2) is 62.1 Å². The Kier molecular flexibility index (Phi) is 8.65. The number of ether oxygens (including phenoxy) is 3. The van der Waals surface area contributed by atoms with Crippen LogP contribution in [0.2, 0.25) is 0 Å². The summed E-state index contributed by atoms with van der Waals surface area (Å²) in [4.78, 5) is 29.1. The van der Waals surface area contributed by atoms with Crippen LogP contribution in [0, 0.1) is 5.82 Å². The fourth-order valence-electron chi connectivity index (χ4n) is 4.17. The minimum Gasteiger partial charge on any atom is -0.497 e. The van der Waals surface area contributed by atoms with E-state index in [1.807, 2.05) is 23.1 Å². The Labute approximate surface area is 194 Å². The molecule has 0 N–H and O–H groups in total. The Bertz CT molecular complexity index is 950. The summed E-state index contributed by atoms with van der Waals surface area (Å²) in [5.74, 6) is 0.546. The molecule has 0 spiro atoms. The number of hydrogen-bond donors (Lipinski definition) is 0. The van der Waals surface area contributed by atoms with Gasteiger partial charge in [0.05, 0.1) is 40.0 Å². The third kappa shape index (κ3) is 6.44. The molecule has 2 aromatic rings. The first kappa shape index (κ1) is 24.5. The molecule has 0 aliphatic carbocycles. The van der Waals surface area contributed by atoms with Crippen LogP contribution >= 0.6 is 0 Å². The zero-order valence-electron chi connectivity index (χ0n) is 19.4. The van der Waals surface area contributed by atoms with Crippen LogP contribution in [-0.2, 0) is 20.9 Å². The lowest BCUT2D eigenvalue weighted by atomic mass is 10.0. The summed E-state index contributed by atoms with van der Waals surface area (Å²) in [6, 6.07) is 11.5. The predicted octanol–water partition coefficient (Wildman–Crippen LogP) is 3.57. The lowest BCUT2D eigenvalue weighted by molar-refractivity contribution is -0.145. The fourth-order valence-corrected chi connectivity index (χ4v) is 4.17. The maximum absolute atomic E-state index is 13.4. The Morgan fingerprint density at radius 2 is 1.85 bits per heavy atom. The van der Waals surface area contributed by atoms with Crippen molar-refractivity contribution in [3.63, 3.8) is 0 Å². The number of carbonyl (C=O) groups is 2. The van der Waals surface area contributed by atoms with Crippen molar-refractivity contribution in [3.8, 4) is 11.5 Å². The van der Waals surface area contributed by atoms with Crippen molar-refractivity contribution in [3.05, 3.63) is 59.4 Å². The second-order valence-corrected chi connectivity index (χ2v) is 7.93. The largest absolute Gasteiger partial charge is 0.497 e. The molecule has 7 nitrogen and oxygen atoms in total. The minimum absolute atomic E-state index is 0.0265. The summed E-state index contributed by atoms with van der Waals surface area (Å²) in [6.07, 6.45) is 1.70. The first-order valence-electron chi connectivity index (χ1n) is 11.1. The molecule has 1 aliphatic rings. The van der Waals surface area contributed by atoms with Gasteiger partial charge in [-0.3, -0.25) is 14.5 Å². The number of rotatable bonds is 10. The molecule has 0 radical (unpaired) electrons. The van der Waals surface area contributed by atoms with E-state index in [4.69, 9.17) is 14.2 Å². The van der Waals surface area contributed by atoms with Gasteiger partial charge in [-0.1, -0.05) is 12.1 Å². The summed E-state index contributed by atoms with van der Waals surface area (Å²) < 4.78 is 29.2. The van der Waals surface area contributed by atoms with Gasteiger partial charge in [-0.05, 0) is 49.6 Å². The summed E-state index contributed by atoms with van der Waals surface area (Å²) in [5.41, 5.74) is 1.74. The second-order valence-electron chi connectivity index (χ2n) is 7.93. The third-order valence-corrected chi connectivity index (χ3v) is 5.71. The van der Waals surface area contributed by atoms with E-state index >= 15 is 0 Å². The van der Waals surface area contributed by atoms with E-state index in [-0.39, 0.29) is 37.5 Å². The van der Waals surface area contributed by atoms with Crippen molar-refractivity contribution in [2.45, 2.75) is 32.4 Å². The first-order chi connectivity index (χ1) is 15.9. The van der Waals surface area contributed by atoms with E-state index in [9.17, 15) is 14.0 Å². The molecular weight excluding hydrogens is 427 g/mol. The molecule has 1 amide bonds. The summed E-state index contributed by atoms with van der Waals surface area (Å²) in [5, 5.41) is 0. The van der Waals surface area contributed by atoms with Gasteiger partial charge in [0.15, 0.2) is 0 Å². The van der Waals surface area contributed by atoms with Gasteiger partial charge in [-0.25, -0.2) is 4.39 Å². The monoisotopic (exact) mass is 458 g/mol. The Morgan fingerprint density at radius 1 is 1.09 bits per heavy atom. The van der Waals surface area contributed by atoms with Crippen LogP contribution in [0.4, 0.5) is 4.39 Å². The number of carbonyl (C=O) groups excluding carboxylic acids is 2. The number of amides is 1. The van der Waals surface area contributed by atoms with Crippen LogP contribution in [0.25, 0.3) is 0 Å². The average molecular weight is 459 g/mol. The highest BCUT2D eigenvalue weighted by Crippen LogP contribution is 2.38. The zero-order valence-corrected chi connectivity index (χ0v) is 19.4. The number of nitrogens with zero attached hydrogens (tertiary/aromatic N) is 2. The highest BCUT2D eigenvalue weighted by Gasteiger charge is 2.33. The van der Waals surface area contributed by atoms with Crippen LogP contribution in [0.3, 0.4) is 0 Å². The topological polar surface area (TPSA) is 68.3 Å². The Hall–Kier alpha value is -3.13. The molecule has 8 heteroatoms. The molecule has 0 saturated carbocycles. The minimum atomic E-state index is -0.401. The highest BCUT2D eigenvalue weighted by atomic mass is 19.1. The second kappa shape index (κ2) is 11.7. The quantitative estimate of drug-likeness (QED) is 0.507. The molecule has 1 saturated heterocycles. The predicted molar refractivity (Wildman–Crippen MR) is 122 cm³/mol. The number of benzene rings is 2. The van der Waals surface area contributed by atoms with Crippen molar-refractivity contribution in [1.82, 2.24) is 9.80 Å². The molecule has 3 rings (SSSR count). The van der Waals surface area contributed by atoms with Gasteiger partial charge < -0.3 is 19.1 Å². The van der Waals surface area contributed by atoms with Gasteiger partial charge in [0.1, 0.15) is 17.3 Å². The van der Waals surface area contributed by atoms with Gasteiger partial charge in [-0.15, -0.1) is 0 Å². The van der Waals surface area contributed by atoms with Crippen molar-refractivity contribution >= 4 is 11.9 Å². The average Bonchev–Trinajstić information content (AvgIpc) is 3.30. The first-order valence-corrected chi connectivity index (χ1v) is 11.1. The fraction of sp³-hybridized carbons (Fsp3) is 0.440. The SMILES string of the molecule is CCOC(=O)CN(CC(=O)N1CCCC1c1ccc(OC)cc1OC)Cc1ccc(F)cc1. The molecule has 1 fully saturated rings. The number of halogens is 1. The summed E-state index contributed by atoms with van der Waals surface area (Å²) in [7, 11) is 3.20. The van der Waals surface area contributed by atoms with Crippen molar-refractivity contribution in [2.75, 3.05) is 40.5 Å². The zero-order chi connectivity index (χ0) is 23.8. The lowest BCUT2D eigenvalue weighted by Gasteiger charge is -2.29. The molecular formula is C25H31FN2O5. The van der Waals surface area contributed by atoms with Gasteiger partial charge in [0.25, 0.3) is 0 Å². The molecule has 2 aromatic carbocycles. The molecule has 0 aromatic heterocycles. The molecule has 178 valence electrons. The standard InChI is InChI=1S/C25H31FN2O5/c1-4-33-25(30)17-27(15-18-7-9-19(26)10-8-18)16-24(29)28-13-5-6-22(28)21-12-11-20(31-2)14-23(21)32-3/h7-12,14,22H,4-6,13,15-17H2,1-3H3. The van der Waals surface area contributed by atoms with Crippen molar-refractivity contribution in [2.24, 2.45) is 0 Å². The van der Waals surface area contributed by atoms with E-state index in [1.165, 1.54) is 12.1 Å². The lowest BCUT2D eigenvalue weighted by Crippen LogP contribution is -2.42. The maximum atomic E-state index is 13.4. The number of hydrogen-bond acceptors (Lipinski definition) is 6. The van der Waals surface area contributed by atoms with Gasteiger partial charge >= 0.3 is 5.97 Å². The Morgan fingerprint density at radius 3 is 2.52 bits per heavy atom. The van der Waals surface area contributed by atoms with E-state index in [0.717, 1.165) is 24.0 Å². The molecule has 1 unspecified atom stereocenters. The van der Waals surface area contributed by atoms with Crippen LogP contribution in [0.1, 0.15) is 36.9 Å². The Balaban J connectivity index is 1.76. The van der Waals surface area contributed by atoms with E-state index in [2.05, 4.69) is 0 Å². The van der Waals surface area contributed by atoms with Crippen molar-refractivity contribution in [1.29, 1.82) is 0 Å². The van der Waals surface area contributed by atoms with Crippen molar-refractivity contribution < 1.29 is 28.2 Å². The summed E-state index contributed by atoms with van der Waals surface area (Å²) >= 11 is 0. The van der Waals surface area contributed by atoms with Crippen LogP contribution < -0.4 is 9.47 Å². The highest BCUT2D eigenvalue weighted by molar-refractivity contribution is 5.80. The van der Waals surface area contributed by atoms with Crippen LogP contribution in [0.15, 0.2) is 42.5 Å². The van der Waals surface area contributed by atoms with Gasteiger partial charge in [0, 0.05) is 24.7 Å². The molecule has 0 bridgehead atoms. The third-order valence-electron chi connectivity index (χ3n) is 5.71. The maximum Gasteiger partial charge on any atom is 0.320 e. The molecule has 1 aliphatic heterocycles. The molecule has 33 heavy (non-hydrogen) atoms. The van der Waals surface area contributed by atoms with E-state index in [1.54, 1.807) is 38.2 Å². The number of methoxy groups -OCH3 is 2. The van der Waals surface area contributed by atoms with Gasteiger partial charge in [-0.2, -0.15) is 0 Å². The van der Waals surface area contributed by atoms with Crippen LogP contribution in [0.5, 0.6) is 11.5 Å². The number of likely N-dealkylation sites (tertiary alicyclic amines) is 1. The molecule has 1 heterocycles. The smallest absolute Gasteiger partial charge is 0.320 e. The number of esters is 1. The normalized spacial score (nSPS) is 15.5. The van der Waals surface area contributed by atoms with E-state index in [0.29, 0.717) is 24.6 Å². The van der Waals surface area contributed by atoms with Gasteiger partial charge in [0.2, 0.25) is 5.91 Å². The molecule has 1 atom stereocenters.